The highest BCUT2D eigenvalue weighted by Gasteiger charge is 2.24. The normalized spacial score (nSPS) is 15.5. The number of rotatable bonds is 7. The molecule has 3 heteroatoms. The highest BCUT2D eigenvalue weighted by atomic mass is 16.5. The largest absolute Gasteiger partial charge is 0.375 e. The minimum absolute atomic E-state index is 0.0782. The zero-order valence-electron chi connectivity index (χ0n) is 13.9. The lowest BCUT2D eigenvalue weighted by Crippen LogP contribution is -2.47. The lowest BCUT2D eigenvalue weighted by atomic mass is 10.0. The summed E-state index contributed by atoms with van der Waals surface area (Å²) in [5.74, 6) is 0.526. The van der Waals surface area contributed by atoms with Gasteiger partial charge in [-0.05, 0) is 54.6 Å². The Hall–Kier alpha value is -0.120. The van der Waals surface area contributed by atoms with E-state index in [0.717, 1.165) is 13.2 Å². The molecule has 1 N–H and O–H groups in total. The molecule has 0 bridgehead atoms. The van der Waals surface area contributed by atoms with Crippen molar-refractivity contribution in [1.82, 2.24) is 10.2 Å². The van der Waals surface area contributed by atoms with Crippen LogP contribution in [0.4, 0.5) is 0 Å². The van der Waals surface area contributed by atoms with Gasteiger partial charge in [-0.3, -0.25) is 0 Å². The summed E-state index contributed by atoms with van der Waals surface area (Å²) >= 11 is 0. The van der Waals surface area contributed by atoms with Gasteiger partial charge in [0.1, 0.15) is 0 Å². The molecule has 0 aromatic carbocycles. The van der Waals surface area contributed by atoms with Gasteiger partial charge in [0.25, 0.3) is 0 Å². The molecule has 0 saturated carbocycles. The Morgan fingerprint density at radius 3 is 1.89 bits per heavy atom. The van der Waals surface area contributed by atoms with Crippen molar-refractivity contribution < 1.29 is 4.74 Å². The van der Waals surface area contributed by atoms with E-state index in [1.807, 2.05) is 0 Å². The number of likely N-dealkylation sites (N-methyl/N-ethyl adjacent to an activating group) is 1. The number of nitrogens with one attached hydrogen (secondary N) is 1. The van der Waals surface area contributed by atoms with Gasteiger partial charge in [-0.2, -0.15) is 0 Å². The van der Waals surface area contributed by atoms with Crippen LogP contribution >= 0.6 is 0 Å². The maximum atomic E-state index is 6.12. The van der Waals surface area contributed by atoms with Crippen LogP contribution in [-0.2, 0) is 4.74 Å². The van der Waals surface area contributed by atoms with Crippen LogP contribution in [0.2, 0.25) is 0 Å². The monoisotopic (exact) mass is 258 g/mol. The van der Waals surface area contributed by atoms with Crippen LogP contribution in [-0.4, -0.2) is 49.3 Å². The van der Waals surface area contributed by atoms with Crippen molar-refractivity contribution in [1.29, 1.82) is 0 Å². The Bertz CT molecular complexity index is 229. The molecule has 18 heavy (non-hydrogen) atoms. The molecule has 0 spiro atoms. The molecule has 1 unspecified atom stereocenters. The van der Waals surface area contributed by atoms with Gasteiger partial charge in [-0.1, -0.05) is 13.8 Å². The molecule has 1 atom stereocenters. The molecular formula is C15H34N2O. The number of hydrogen-bond acceptors (Lipinski definition) is 3. The van der Waals surface area contributed by atoms with Crippen molar-refractivity contribution in [3.05, 3.63) is 0 Å². The fourth-order valence-electron chi connectivity index (χ4n) is 1.33. The minimum Gasteiger partial charge on any atom is -0.375 e. The van der Waals surface area contributed by atoms with Crippen LogP contribution in [0.15, 0.2) is 0 Å². The van der Waals surface area contributed by atoms with Gasteiger partial charge >= 0.3 is 0 Å². The maximum absolute atomic E-state index is 6.12. The Kier molecular flexibility index (Phi) is 6.83. The summed E-state index contributed by atoms with van der Waals surface area (Å²) in [4.78, 5) is 2.21. The predicted molar refractivity (Wildman–Crippen MR) is 80.1 cm³/mol. The third kappa shape index (κ3) is 7.34. The van der Waals surface area contributed by atoms with Crippen LogP contribution in [0.25, 0.3) is 0 Å². The second-order valence-electron chi connectivity index (χ2n) is 7.43. The summed E-state index contributed by atoms with van der Waals surface area (Å²) in [5, 5.41) is 3.53. The van der Waals surface area contributed by atoms with E-state index in [1.54, 1.807) is 0 Å². The first-order valence-corrected chi connectivity index (χ1v) is 7.00. The Morgan fingerprint density at radius 1 is 1.06 bits per heavy atom. The van der Waals surface area contributed by atoms with Gasteiger partial charge in [-0.25, -0.2) is 0 Å². The third-order valence-corrected chi connectivity index (χ3v) is 3.44. The highest BCUT2D eigenvalue weighted by Crippen LogP contribution is 2.15. The molecule has 0 aromatic heterocycles. The van der Waals surface area contributed by atoms with Gasteiger partial charge in [-0.15, -0.1) is 0 Å². The second-order valence-corrected chi connectivity index (χ2v) is 7.43. The summed E-state index contributed by atoms with van der Waals surface area (Å²) in [5.41, 5.74) is 0.225. The first kappa shape index (κ1) is 17.9. The summed E-state index contributed by atoms with van der Waals surface area (Å²) in [6.45, 7) is 17.1. The van der Waals surface area contributed by atoms with E-state index in [-0.39, 0.29) is 17.2 Å². The van der Waals surface area contributed by atoms with Crippen LogP contribution in [0.1, 0.15) is 48.5 Å². The Balaban J connectivity index is 4.30. The number of nitrogens with zero attached hydrogens (tertiary/aromatic N) is 1. The Labute approximate surface area is 114 Å². The molecule has 0 aliphatic carbocycles. The van der Waals surface area contributed by atoms with E-state index in [2.05, 4.69) is 72.8 Å². The molecule has 0 aliphatic rings. The molecule has 0 radical (unpaired) electrons. The first-order chi connectivity index (χ1) is 7.96. The fraction of sp³-hybridized carbons (Fsp3) is 1.00. The molecule has 0 heterocycles. The molecule has 0 fully saturated rings. The van der Waals surface area contributed by atoms with Crippen LogP contribution < -0.4 is 5.32 Å². The molecule has 3 nitrogen and oxygen atoms in total. The van der Waals surface area contributed by atoms with E-state index in [1.165, 1.54) is 0 Å². The fourth-order valence-corrected chi connectivity index (χ4v) is 1.33. The first-order valence-electron chi connectivity index (χ1n) is 7.00. The van der Waals surface area contributed by atoms with E-state index < -0.39 is 0 Å². The summed E-state index contributed by atoms with van der Waals surface area (Å²) in [7, 11) is 4.20. The zero-order valence-corrected chi connectivity index (χ0v) is 13.9. The summed E-state index contributed by atoms with van der Waals surface area (Å²) < 4.78 is 6.12. The zero-order chi connectivity index (χ0) is 14.6. The topological polar surface area (TPSA) is 24.5 Å². The van der Waals surface area contributed by atoms with E-state index in [4.69, 9.17) is 4.74 Å². The second kappa shape index (κ2) is 6.88. The molecule has 0 saturated heterocycles. The SMILES string of the molecule is CC(C)C(CNC(C)(C)C)OCC(C)(C)N(C)C. The van der Waals surface area contributed by atoms with E-state index in [9.17, 15) is 0 Å². The number of hydrogen-bond donors (Lipinski definition) is 1. The molecule has 110 valence electrons. The van der Waals surface area contributed by atoms with Crippen molar-refractivity contribution in [3.8, 4) is 0 Å². The molecule has 0 rings (SSSR count). The lowest BCUT2D eigenvalue weighted by molar-refractivity contribution is -0.0320. The smallest absolute Gasteiger partial charge is 0.0723 e. The van der Waals surface area contributed by atoms with Gasteiger partial charge in [0.05, 0.1) is 12.7 Å². The van der Waals surface area contributed by atoms with E-state index in [0.29, 0.717) is 5.92 Å². The molecular weight excluding hydrogens is 224 g/mol. The van der Waals surface area contributed by atoms with Crippen LogP contribution in [0, 0.1) is 5.92 Å². The highest BCUT2D eigenvalue weighted by molar-refractivity contribution is 4.79. The molecule has 0 aliphatic heterocycles. The number of ether oxygens (including phenoxy) is 1. The van der Waals surface area contributed by atoms with Crippen molar-refractivity contribution >= 4 is 0 Å². The van der Waals surface area contributed by atoms with Crippen LogP contribution in [0.5, 0.6) is 0 Å². The average Bonchev–Trinajstić information content (AvgIpc) is 2.14. The molecule has 0 aromatic rings. The summed E-state index contributed by atoms with van der Waals surface area (Å²) in [6, 6.07) is 0. The van der Waals surface area contributed by atoms with Crippen molar-refractivity contribution in [3.63, 3.8) is 0 Å². The van der Waals surface area contributed by atoms with Gasteiger partial charge in [0, 0.05) is 17.6 Å². The molecule has 0 amide bonds. The van der Waals surface area contributed by atoms with E-state index >= 15 is 0 Å². The lowest BCUT2D eigenvalue weighted by Gasteiger charge is -2.35. The van der Waals surface area contributed by atoms with Crippen molar-refractivity contribution in [2.75, 3.05) is 27.2 Å². The maximum Gasteiger partial charge on any atom is 0.0723 e. The van der Waals surface area contributed by atoms with Crippen LogP contribution in [0.3, 0.4) is 0 Å². The average molecular weight is 258 g/mol. The predicted octanol–water partition coefficient (Wildman–Crippen LogP) is 2.76. The minimum atomic E-state index is 0.0782. The third-order valence-electron chi connectivity index (χ3n) is 3.44. The van der Waals surface area contributed by atoms with Gasteiger partial charge < -0.3 is 15.0 Å². The standard InChI is InChI=1S/C15H34N2O/c1-12(2)13(10-16-14(3,4)5)18-11-15(6,7)17(8)9/h12-13,16H,10-11H2,1-9H3. The van der Waals surface area contributed by atoms with Gasteiger partial charge in [0.2, 0.25) is 0 Å². The summed E-state index contributed by atoms with van der Waals surface area (Å²) in [6.07, 6.45) is 0.267. The van der Waals surface area contributed by atoms with Gasteiger partial charge in [0.15, 0.2) is 0 Å². The Morgan fingerprint density at radius 2 is 1.56 bits per heavy atom. The van der Waals surface area contributed by atoms with Crippen molar-refractivity contribution in [2.24, 2.45) is 5.92 Å². The van der Waals surface area contributed by atoms with Crippen molar-refractivity contribution in [2.45, 2.75) is 65.6 Å². The quantitative estimate of drug-likeness (QED) is 0.760.